The molecule has 0 saturated heterocycles. The van der Waals surface area contributed by atoms with E-state index in [0.717, 1.165) is 33.2 Å². The van der Waals surface area contributed by atoms with Gasteiger partial charge in [0.2, 0.25) is 5.91 Å². The van der Waals surface area contributed by atoms with Crippen LogP contribution in [0.5, 0.6) is 11.5 Å². The van der Waals surface area contributed by atoms with Crippen molar-refractivity contribution in [2.75, 3.05) is 19.8 Å². The molecular weight excluding hydrogens is 374 g/mol. The van der Waals surface area contributed by atoms with Crippen LogP contribution in [0.15, 0.2) is 24.3 Å². The van der Waals surface area contributed by atoms with Crippen molar-refractivity contribution < 1.29 is 19.1 Å². The van der Waals surface area contributed by atoms with E-state index in [4.69, 9.17) is 9.47 Å². The van der Waals surface area contributed by atoms with Crippen LogP contribution in [0.1, 0.15) is 52.4 Å². The number of rotatable bonds is 8. The molecular formula is C22H27NO4S. The van der Waals surface area contributed by atoms with Gasteiger partial charge in [0.1, 0.15) is 0 Å². The van der Waals surface area contributed by atoms with Crippen molar-refractivity contribution in [1.82, 2.24) is 4.90 Å². The SMILES string of the molecule is CCOc1cc2c(cc1OCC)CN(C(=O)CCC(=O)c1ccc(C)s1)CC2. The van der Waals surface area contributed by atoms with Gasteiger partial charge in [-0.05, 0) is 62.6 Å². The molecule has 3 rings (SSSR count). The minimum atomic E-state index is 0.0270. The molecule has 0 unspecified atom stereocenters. The van der Waals surface area contributed by atoms with Crippen molar-refractivity contribution in [3.05, 3.63) is 45.1 Å². The molecule has 2 heterocycles. The number of hydrogen-bond acceptors (Lipinski definition) is 5. The third-order valence-corrected chi connectivity index (χ3v) is 5.85. The molecule has 0 N–H and O–H groups in total. The van der Waals surface area contributed by atoms with Gasteiger partial charge in [0.15, 0.2) is 17.3 Å². The third kappa shape index (κ3) is 4.73. The highest BCUT2D eigenvalue weighted by molar-refractivity contribution is 7.14. The number of fused-ring (bicyclic) bond motifs is 1. The summed E-state index contributed by atoms with van der Waals surface area (Å²) in [6.07, 6.45) is 1.29. The Hall–Kier alpha value is -2.34. The van der Waals surface area contributed by atoms with Crippen molar-refractivity contribution in [3.8, 4) is 11.5 Å². The van der Waals surface area contributed by atoms with Gasteiger partial charge < -0.3 is 14.4 Å². The van der Waals surface area contributed by atoms with Crippen LogP contribution in [0.25, 0.3) is 0 Å². The molecule has 0 spiro atoms. The number of carbonyl (C=O) groups excluding carboxylic acids is 2. The summed E-state index contributed by atoms with van der Waals surface area (Å²) in [5.74, 6) is 1.56. The van der Waals surface area contributed by atoms with Crippen molar-refractivity contribution in [3.63, 3.8) is 0 Å². The lowest BCUT2D eigenvalue weighted by molar-refractivity contribution is -0.132. The zero-order valence-electron chi connectivity index (χ0n) is 16.7. The second kappa shape index (κ2) is 9.24. The second-order valence-electron chi connectivity index (χ2n) is 6.83. The van der Waals surface area contributed by atoms with Gasteiger partial charge in [0.25, 0.3) is 0 Å². The number of Topliss-reactive ketones (excluding diaryl/α,β-unsaturated/α-hetero) is 1. The lowest BCUT2D eigenvalue weighted by Gasteiger charge is -2.30. The van der Waals surface area contributed by atoms with E-state index in [1.54, 1.807) is 0 Å². The molecule has 6 heteroatoms. The average Bonchev–Trinajstić information content (AvgIpc) is 3.13. The first-order valence-corrected chi connectivity index (χ1v) is 10.6. The molecule has 150 valence electrons. The summed E-state index contributed by atoms with van der Waals surface area (Å²) < 4.78 is 11.4. The van der Waals surface area contributed by atoms with Crippen LogP contribution < -0.4 is 9.47 Å². The van der Waals surface area contributed by atoms with E-state index in [-0.39, 0.29) is 24.5 Å². The van der Waals surface area contributed by atoms with E-state index in [9.17, 15) is 9.59 Å². The van der Waals surface area contributed by atoms with Crippen molar-refractivity contribution >= 4 is 23.0 Å². The number of aryl methyl sites for hydroxylation is 1. The standard InChI is InChI=1S/C22H27NO4S/c1-4-26-19-12-16-10-11-23(14-17(16)13-20(19)27-5-2)22(25)9-7-18(24)21-8-6-15(3)28-21/h6,8,12-13H,4-5,7,9-11,14H2,1-3H3. The molecule has 0 fully saturated rings. The van der Waals surface area contributed by atoms with Crippen LogP contribution >= 0.6 is 11.3 Å². The molecule has 2 aromatic rings. The van der Waals surface area contributed by atoms with E-state index in [1.165, 1.54) is 16.9 Å². The van der Waals surface area contributed by atoms with Gasteiger partial charge in [-0.2, -0.15) is 0 Å². The van der Waals surface area contributed by atoms with Crippen LogP contribution in [0.3, 0.4) is 0 Å². The molecule has 0 aliphatic carbocycles. The molecule has 1 aromatic carbocycles. The van der Waals surface area contributed by atoms with Gasteiger partial charge in [-0.3, -0.25) is 9.59 Å². The molecule has 1 aliphatic rings. The number of carbonyl (C=O) groups is 2. The molecule has 0 radical (unpaired) electrons. The van der Waals surface area contributed by atoms with Gasteiger partial charge in [0.05, 0.1) is 18.1 Å². The van der Waals surface area contributed by atoms with Gasteiger partial charge >= 0.3 is 0 Å². The topological polar surface area (TPSA) is 55.8 Å². The Labute approximate surface area is 170 Å². The highest BCUT2D eigenvalue weighted by atomic mass is 32.1. The van der Waals surface area contributed by atoms with Crippen LogP contribution in [0, 0.1) is 6.92 Å². The number of nitrogens with zero attached hydrogens (tertiary/aromatic N) is 1. The summed E-state index contributed by atoms with van der Waals surface area (Å²) >= 11 is 1.49. The minimum Gasteiger partial charge on any atom is -0.490 e. The first-order valence-electron chi connectivity index (χ1n) is 9.80. The summed E-state index contributed by atoms with van der Waals surface area (Å²) in [6, 6.07) is 7.81. The number of amides is 1. The Morgan fingerprint density at radius 2 is 1.71 bits per heavy atom. The molecule has 0 bridgehead atoms. The minimum absolute atomic E-state index is 0.0270. The smallest absolute Gasteiger partial charge is 0.223 e. The maximum absolute atomic E-state index is 12.7. The summed E-state index contributed by atoms with van der Waals surface area (Å²) in [7, 11) is 0. The fourth-order valence-corrected chi connectivity index (χ4v) is 4.23. The van der Waals surface area contributed by atoms with E-state index >= 15 is 0 Å². The summed E-state index contributed by atoms with van der Waals surface area (Å²) in [4.78, 5) is 28.6. The van der Waals surface area contributed by atoms with Crippen LogP contribution in [0.2, 0.25) is 0 Å². The Kier molecular flexibility index (Phi) is 6.73. The van der Waals surface area contributed by atoms with E-state index < -0.39 is 0 Å². The Bertz CT molecular complexity index is 858. The number of benzene rings is 1. The largest absolute Gasteiger partial charge is 0.490 e. The zero-order valence-corrected chi connectivity index (χ0v) is 17.6. The third-order valence-electron chi connectivity index (χ3n) is 4.81. The maximum atomic E-state index is 12.7. The maximum Gasteiger partial charge on any atom is 0.223 e. The Balaban J connectivity index is 1.64. The second-order valence-corrected chi connectivity index (χ2v) is 8.12. The Morgan fingerprint density at radius 1 is 1.04 bits per heavy atom. The number of hydrogen-bond donors (Lipinski definition) is 0. The zero-order chi connectivity index (χ0) is 20.1. The summed E-state index contributed by atoms with van der Waals surface area (Å²) in [5.41, 5.74) is 2.29. The quantitative estimate of drug-likeness (QED) is 0.615. The molecule has 1 amide bonds. The first-order chi connectivity index (χ1) is 13.5. The molecule has 5 nitrogen and oxygen atoms in total. The fourth-order valence-electron chi connectivity index (χ4n) is 3.40. The van der Waals surface area contributed by atoms with Gasteiger partial charge in [-0.1, -0.05) is 0 Å². The van der Waals surface area contributed by atoms with E-state index in [2.05, 4.69) is 0 Å². The number of thiophene rings is 1. The van der Waals surface area contributed by atoms with Crippen LogP contribution in [-0.2, 0) is 17.8 Å². The average molecular weight is 402 g/mol. The highest BCUT2D eigenvalue weighted by Gasteiger charge is 2.23. The lowest BCUT2D eigenvalue weighted by atomic mass is 9.98. The van der Waals surface area contributed by atoms with Gasteiger partial charge in [0, 0.05) is 30.8 Å². The Morgan fingerprint density at radius 3 is 2.32 bits per heavy atom. The van der Waals surface area contributed by atoms with Crippen molar-refractivity contribution in [2.45, 2.75) is 46.6 Å². The van der Waals surface area contributed by atoms with Gasteiger partial charge in [-0.25, -0.2) is 0 Å². The molecule has 1 aliphatic heterocycles. The number of ether oxygens (including phenoxy) is 2. The normalized spacial score (nSPS) is 13.2. The van der Waals surface area contributed by atoms with E-state index in [0.29, 0.717) is 26.3 Å². The number of ketones is 1. The van der Waals surface area contributed by atoms with Crippen molar-refractivity contribution in [2.24, 2.45) is 0 Å². The molecule has 28 heavy (non-hydrogen) atoms. The molecule has 0 atom stereocenters. The fraction of sp³-hybridized carbons (Fsp3) is 0.455. The first kappa shape index (κ1) is 20.4. The van der Waals surface area contributed by atoms with Crippen LogP contribution in [0.4, 0.5) is 0 Å². The highest BCUT2D eigenvalue weighted by Crippen LogP contribution is 2.34. The van der Waals surface area contributed by atoms with E-state index in [1.807, 2.05) is 49.9 Å². The monoisotopic (exact) mass is 401 g/mol. The predicted molar refractivity (Wildman–Crippen MR) is 111 cm³/mol. The van der Waals surface area contributed by atoms with Crippen LogP contribution in [-0.4, -0.2) is 36.3 Å². The van der Waals surface area contributed by atoms with Crippen molar-refractivity contribution in [1.29, 1.82) is 0 Å². The predicted octanol–water partition coefficient (Wildman–Crippen LogP) is 4.40. The molecule has 1 aromatic heterocycles. The summed E-state index contributed by atoms with van der Waals surface area (Å²) in [6.45, 7) is 8.23. The molecule has 0 saturated carbocycles. The lowest BCUT2D eigenvalue weighted by Crippen LogP contribution is -2.36. The summed E-state index contributed by atoms with van der Waals surface area (Å²) in [5, 5.41) is 0. The van der Waals surface area contributed by atoms with Gasteiger partial charge in [-0.15, -0.1) is 11.3 Å².